The van der Waals surface area contributed by atoms with Crippen LogP contribution in [0.4, 0.5) is 5.69 Å². The van der Waals surface area contributed by atoms with Crippen LogP contribution < -0.4 is 5.32 Å². The second-order valence-corrected chi connectivity index (χ2v) is 10.5. The van der Waals surface area contributed by atoms with Crippen LogP contribution in [0.25, 0.3) is 0 Å². The zero-order chi connectivity index (χ0) is 17.3. The van der Waals surface area contributed by atoms with Crippen molar-refractivity contribution in [3.63, 3.8) is 0 Å². The Labute approximate surface area is 156 Å². The SMILES string of the molecule is Cc1sc(S(=O)(=O)N2CCSCC2)cc1NC(=O)c1ccc(Br)o1. The molecule has 0 aliphatic carbocycles. The Bertz CT molecular complexity index is 853. The van der Waals surface area contributed by atoms with Crippen molar-refractivity contribution in [2.75, 3.05) is 29.9 Å². The summed E-state index contributed by atoms with van der Waals surface area (Å²) < 4.78 is 32.8. The number of carbonyl (C=O) groups is 1. The number of aryl methyl sites for hydroxylation is 1. The molecule has 3 heterocycles. The van der Waals surface area contributed by atoms with E-state index in [2.05, 4.69) is 21.2 Å². The first-order chi connectivity index (χ1) is 11.4. The van der Waals surface area contributed by atoms with Gasteiger partial charge in [0.25, 0.3) is 15.9 Å². The molecule has 0 atom stereocenters. The molecule has 6 nitrogen and oxygen atoms in total. The van der Waals surface area contributed by atoms with Gasteiger partial charge >= 0.3 is 0 Å². The average Bonchev–Trinajstić information content (AvgIpc) is 3.15. The highest BCUT2D eigenvalue weighted by molar-refractivity contribution is 9.10. The number of rotatable bonds is 4. The molecule has 130 valence electrons. The summed E-state index contributed by atoms with van der Waals surface area (Å²) >= 11 is 6.06. The molecule has 3 rings (SSSR count). The second-order valence-electron chi connectivity index (χ2n) is 5.11. The van der Waals surface area contributed by atoms with Gasteiger partial charge in [-0.15, -0.1) is 11.3 Å². The van der Waals surface area contributed by atoms with Crippen LogP contribution in [-0.4, -0.2) is 43.2 Å². The zero-order valence-electron chi connectivity index (χ0n) is 12.7. The lowest BCUT2D eigenvalue weighted by molar-refractivity contribution is 0.0995. The molecule has 1 amide bonds. The van der Waals surface area contributed by atoms with Crippen molar-refractivity contribution < 1.29 is 17.6 Å². The average molecular weight is 451 g/mol. The minimum atomic E-state index is -3.50. The molecule has 2 aromatic heterocycles. The summed E-state index contributed by atoms with van der Waals surface area (Å²) in [5, 5.41) is 2.71. The van der Waals surface area contributed by atoms with Gasteiger partial charge in [-0.1, -0.05) is 0 Å². The summed E-state index contributed by atoms with van der Waals surface area (Å²) in [5.74, 6) is 1.35. The largest absolute Gasteiger partial charge is 0.444 e. The summed E-state index contributed by atoms with van der Waals surface area (Å²) in [6.45, 7) is 2.82. The van der Waals surface area contributed by atoms with E-state index in [0.29, 0.717) is 23.4 Å². The van der Waals surface area contributed by atoms with Crippen molar-refractivity contribution >= 4 is 60.6 Å². The van der Waals surface area contributed by atoms with Crippen LogP contribution in [0.15, 0.2) is 31.5 Å². The summed E-state index contributed by atoms with van der Waals surface area (Å²) in [4.78, 5) is 12.9. The van der Waals surface area contributed by atoms with Crippen LogP contribution in [0.3, 0.4) is 0 Å². The lowest BCUT2D eigenvalue weighted by atomic mass is 10.3. The van der Waals surface area contributed by atoms with E-state index < -0.39 is 15.9 Å². The number of nitrogens with zero attached hydrogens (tertiary/aromatic N) is 1. The molecule has 0 unspecified atom stereocenters. The van der Waals surface area contributed by atoms with Gasteiger partial charge in [0.15, 0.2) is 10.4 Å². The number of carbonyl (C=O) groups excluding carboxylic acids is 1. The molecule has 1 N–H and O–H groups in total. The summed E-state index contributed by atoms with van der Waals surface area (Å²) in [6, 6.07) is 4.69. The van der Waals surface area contributed by atoms with E-state index in [-0.39, 0.29) is 9.97 Å². The summed E-state index contributed by atoms with van der Waals surface area (Å²) in [6.07, 6.45) is 0. The maximum atomic E-state index is 12.7. The van der Waals surface area contributed by atoms with Gasteiger partial charge in [-0.05, 0) is 41.1 Å². The Balaban J connectivity index is 1.81. The molecular formula is C14H15BrN2O4S3. The lowest BCUT2D eigenvalue weighted by Gasteiger charge is -2.24. The number of hydrogen-bond acceptors (Lipinski definition) is 6. The number of sulfonamides is 1. The number of hydrogen-bond donors (Lipinski definition) is 1. The molecular weight excluding hydrogens is 436 g/mol. The first kappa shape index (κ1) is 18.0. The zero-order valence-corrected chi connectivity index (χ0v) is 16.8. The molecule has 24 heavy (non-hydrogen) atoms. The lowest BCUT2D eigenvalue weighted by Crippen LogP contribution is -2.37. The Hall–Kier alpha value is -0.810. The standard InChI is InChI=1S/C14H15BrN2O4S3/c1-9-10(16-14(18)11-2-3-12(15)21-11)8-13(23-9)24(19,20)17-4-6-22-7-5-17/h2-3,8H,4-7H2,1H3,(H,16,18). The smallest absolute Gasteiger partial charge is 0.291 e. The molecule has 0 saturated carbocycles. The number of thioether (sulfide) groups is 1. The van der Waals surface area contributed by atoms with Gasteiger partial charge in [-0.2, -0.15) is 16.1 Å². The fourth-order valence-corrected chi connectivity index (χ4v) is 6.68. The molecule has 1 fully saturated rings. The molecule has 0 radical (unpaired) electrons. The van der Waals surface area contributed by atoms with Crippen molar-refractivity contribution in [1.29, 1.82) is 0 Å². The van der Waals surface area contributed by atoms with Gasteiger partial charge in [0.1, 0.15) is 4.21 Å². The Kier molecular flexibility index (Phi) is 5.40. The predicted octanol–water partition coefficient (Wildman–Crippen LogP) is 3.40. The van der Waals surface area contributed by atoms with E-state index in [1.165, 1.54) is 21.7 Å². The summed E-state index contributed by atoms with van der Waals surface area (Å²) in [5.41, 5.74) is 0.488. The van der Waals surface area contributed by atoms with E-state index in [1.54, 1.807) is 30.8 Å². The van der Waals surface area contributed by atoms with Crippen molar-refractivity contribution in [2.24, 2.45) is 0 Å². The van der Waals surface area contributed by atoms with Crippen LogP contribution >= 0.6 is 39.0 Å². The molecule has 0 spiro atoms. The van der Waals surface area contributed by atoms with E-state index in [0.717, 1.165) is 16.4 Å². The first-order valence-electron chi connectivity index (χ1n) is 7.13. The van der Waals surface area contributed by atoms with E-state index in [9.17, 15) is 13.2 Å². The van der Waals surface area contributed by atoms with Crippen LogP contribution in [0, 0.1) is 6.92 Å². The Morgan fingerprint density at radius 2 is 2.04 bits per heavy atom. The number of furan rings is 1. The van der Waals surface area contributed by atoms with Gasteiger partial charge in [-0.25, -0.2) is 8.42 Å². The van der Waals surface area contributed by atoms with Crippen molar-refractivity contribution in [2.45, 2.75) is 11.1 Å². The predicted molar refractivity (Wildman–Crippen MR) is 99.5 cm³/mol. The number of amides is 1. The maximum Gasteiger partial charge on any atom is 0.291 e. The third-order valence-electron chi connectivity index (χ3n) is 3.50. The van der Waals surface area contributed by atoms with E-state index in [1.807, 2.05) is 0 Å². The number of thiophene rings is 1. The topological polar surface area (TPSA) is 79.6 Å². The molecule has 10 heteroatoms. The van der Waals surface area contributed by atoms with Crippen molar-refractivity contribution in [3.8, 4) is 0 Å². The fraction of sp³-hybridized carbons (Fsp3) is 0.357. The normalized spacial score (nSPS) is 16.2. The van der Waals surface area contributed by atoms with Gasteiger partial charge < -0.3 is 9.73 Å². The fourth-order valence-electron chi connectivity index (χ4n) is 2.24. The van der Waals surface area contributed by atoms with Crippen molar-refractivity contribution in [1.82, 2.24) is 4.31 Å². The highest BCUT2D eigenvalue weighted by atomic mass is 79.9. The monoisotopic (exact) mass is 450 g/mol. The minimum absolute atomic E-state index is 0.157. The van der Waals surface area contributed by atoms with Crippen LogP contribution in [0.5, 0.6) is 0 Å². The van der Waals surface area contributed by atoms with E-state index >= 15 is 0 Å². The van der Waals surface area contributed by atoms with Gasteiger partial charge in [0.05, 0.1) is 5.69 Å². The second kappa shape index (κ2) is 7.20. The van der Waals surface area contributed by atoms with Gasteiger partial charge in [-0.3, -0.25) is 4.79 Å². The summed E-state index contributed by atoms with van der Waals surface area (Å²) in [7, 11) is -3.50. The van der Waals surface area contributed by atoms with Crippen LogP contribution in [-0.2, 0) is 10.0 Å². The molecule has 2 aromatic rings. The number of anilines is 1. The first-order valence-corrected chi connectivity index (χ1v) is 11.3. The van der Waals surface area contributed by atoms with Gasteiger partial charge in [0, 0.05) is 29.5 Å². The molecule has 1 aliphatic heterocycles. The molecule has 1 saturated heterocycles. The quantitative estimate of drug-likeness (QED) is 0.771. The minimum Gasteiger partial charge on any atom is -0.444 e. The van der Waals surface area contributed by atoms with Crippen LogP contribution in [0.2, 0.25) is 0 Å². The Morgan fingerprint density at radius 3 is 2.67 bits per heavy atom. The highest BCUT2D eigenvalue weighted by Gasteiger charge is 2.28. The van der Waals surface area contributed by atoms with Crippen molar-refractivity contribution in [3.05, 3.63) is 33.5 Å². The molecule has 0 aromatic carbocycles. The molecule has 0 bridgehead atoms. The van der Waals surface area contributed by atoms with Gasteiger partial charge in [0.2, 0.25) is 0 Å². The maximum absolute atomic E-state index is 12.7. The number of nitrogens with one attached hydrogen (secondary N) is 1. The third-order valence-corrected chi connectivity index (χ3v) is 8.27. The van der Waals surface area contributed by atoms with Crippen LogP contribution in [0.1, 0.15) is 15.4 Å². The number of halogens is 1. The third kappa shape index (κ3) is 3.72. The van der Waals surface area contributed by atoms with E-state index in [4.69, 9.17) is 4.42 Å². The highest BCUT2D eigenvalue weighted by Crippen LogP contribution is 2.33. The Morgan fingerprint density at radius 1 is 1.33 bits per heavy atom. The molecule has 1 aliphatic rings.